The van der Waals surface area contributed by atoms with Crippen LogP contribution in [0.5, 0.6) is 0 Å². The van der Waals surface area contributed by atoms with E-state index in [2.05, 4.69) is 5.32 Å². The average Bonchev–Trinajstić information content (AvgIpc) is 2.37. The number of nitrogens with zero attached hydrogens (tertiary/aromatic N) is 1. The van der Waals surface area contributed by atoms with Crippen LogP contribution in [-0.4, -0.2) is 37.5 Å². The Morgan fingerprint density at radius 2 is 2.05 bits per heavy atom. The van der Waals surface area contributed by atoms with Crippen LogP contribution in [0.25, 0.3) is 0 Å². The van der Waals surface area contributed by atoms with Crippen molar-refractivity contribution in [3.63, 3.8) is 0 Å². The number of hydrogen-bond donors (Lipinski definition) is 1. The van der Waals surface area contributed by atoms with Crippen LogP contribution in [0, 0.1) is 12.8 Å². The Balaban J connectivity index is 2.01. The van der Waals surface area contributed by atoms with E-state index in [-0.39, 0.29) is 5.91 Å². The third-order valence-electron chi connectivity index (χ3n) is 3.63. The van der Waals surface area contributed by atoms with Crippen LogP contribution in [0.1, 0.15) is 28.8 Å². The number of nitrogens with one attached hydrogen (secondary N) is 1. The van der Waals surface area contributed by atoms with Crippen LogP contribution >= 0.6 is 11.6 Å². The summed E-state index contributed by atoms with van der Waals surface area (Å²) in [5, 5.41) is 3.97. The Morgan fingerprint density at radius 3 is 2.68 bits per heavy atom. The van der Waals surface area contributed by atoms with Crippen LogP contribution in [-0.2, 0) is 0 Å². The number of carbonyl (C=O) groups is 1. The smallest absolute Gasteiger partial charge is 0.253 e. The SMILES string of the molecule is Cc1cc(Cl)cc(C(=O)N(C)CC2CCNCC2)c1. The highest BCUT2D eigenvalue weighted by Gasteiger charge is 2.19. The standard InChI is InChI=1S/C15H21ClN2O/c1-11-7-13(9-14(16)8-11)15(19)18(2)10-12-3-5-17-6-4-12/h7-9,12,17H,3-6,10H2,1-2H3. The number of aryl methyl sites for hydroxylation is 1. The number of amides is 1. The van der Waals surface area contributed by atoms with Crippen molar-refractivity contribution in [3.8, 4) is 0 Å². The zero-order valence-corrected chi connectivity index (χ0v) is 12.3. The van der Waals surface area contributed by atoms with E-state index in [0.29, 0.717) is 16.5 Å². The summed E-state index contributed by atoms with van der Waals surface area (Å²) >= 11 is 6.01. The molecular formula is C15H21ClN2O. The Hall–Kier alpha value is -1.06. The van der Waals surface area contributed by atoms with Crippen molar-refractivity contribution >= 4 is 17.5 Å². The van der Waals surface area contributed by atoms with Gasteiger partial charge in [-0.25, -0.2) is 0 Å². The predicted octanol–water partition coefficient (Wildman–Crippen LogP) is 2.72. The molecule has 1 aliphatic rings. The van der Waals surface area contributed by atoms with Gasteiger partial charge in [-0.1, -0.05) is 11.6 Å². The highest BCUT2D eigenvalue weighted by atomic mass is 35.5. The number of rotatable bonds is 3. The summed E-state index contributed by atoms with van der Waals surface area (Å²) in [5.41, 5.74) is 1.70. The van der Waals surface area contributed by atoms with Gasteiger partial charge in [0.25, 0.3) is 5.91 Å². The van der Waals surface area contributed by atoms with E-state index in [0.717, 1.165) is 38.0 Å². The maximum absolute atomic E-state index is 12.4. The quantitative estimate of drug-likeness (QED) is 0.923. The number of halogens is 1. The number of piperidine rings is 1. The third kappa shape index (κ3) is 3.95. The van der Waals surface area contributed by atoms with Gasteiger partial charge in [0.1, 0.15) is 0 Å². The van der Waals surface area contributed by atoms with Crippen molar-refractivity contribution in [2.45, 2.75) is 19.8 Å². The summed E-state index contributed by atoms with van der Waals surface area (Å²) in [7, 11) is 1.88. The molecule has 0 saturated carbocycles. The van der Waals surface area contributed by atoms with E-state index < -0.39 is 0 Å². The molecule has 1 N–H and O–H groups in total. The molecule has 1 fully saturated rings. The average molecular weight is 281 g/mol. The lowest BCUT2D eigenvalue weighted by atomic mass is 9.97. The molecule has 1 saturated heterocycles. The van der Waals surface area contributed by atoms with Crippen molar-refractivity contribution < 1.29 is 4.79 Å². The lowest BCUT2D eigenvalue weighted by Crippen LogP contribution is -2.37. The minimum Gasteiger partial charge on any atom is -0.341 e. The van der Waals surface area contributed by atoms with Gasteiger partial charge >= 0.3 is 0 Å². The second-order valence-electron chi connectivity index (χ2n) is 5.40. The zero-order chi connectivity index (χ0) is 13.8. The summed E-state index contributed by atoms with van der Waals surface area (Å²) in [5.74, 6) is 0.666. The molecule has 3 nitrogen and oxygen atoms in total. The molecule has 1 aliphatic heterocycles. The molecule has 1 heterocycles. The Kier molecular flexibility index (Phi) is 4.83. The van der Waals surface area contributed by atoms with Crippen LogP contribution in [0.2, 0.25) is 5.02 Å². The number of benzene rings is 1. The minimum atomic E-state index is 0.0594. The molecule has 4 heteroatoms. The predicted molar refractivity (Wildman–Crippen MR) is 78.7 cm³/mol. The van der Waals surface area contributed by atoms with Crippen LogP contribution in [0.3, 0.4) is 0 Å². The first-order chi connectivity index (χ1) is 9.06. The van der Waals surface area contributed by atoms with Gasteiger partial charge in [0, 0.05) is 24.2 Å². The zero-order valence-electron chi connectivity index (χ0n) is 11.6. The van der Waals surface area contributed by atoms with Crippen LogP contribution in [0.15, 0.2) is 18.2 Å². The van der Waals surface area contributed by atoms with Gasteiger partial charge in [0.05, 0.1) is 0 Å². The van der Waals surface area contributed by atoms with E-state index in [1.807, 2.05) is 31.0 Å². The molecule has 1 aromatic rings. The molecule has 1 aromatic carbocycles. The van der Waals surface area contributed by atoms with E-state index in [9.17, 15) is 4.79 Å². The number of carbonyl (C=O) groups excluding carboxylic acids is 1. The van der Waals surface area contributed by atoms with Gasteiger partial charge in [-0.15, -0.1) is 0 Å². The molecule has 2 rings (SSSR count). The fourth-order valence-electron chi connectivity index (χ4n) is 2.61. The fraction of sp³-hybridized carbons (Fsp3) is 0.533. The molecule has 0 aliphatic carbocycles. The van der Waals surface area contributed by atoms with E-state index in [1.54, 1.807) is 6.07 Å². The van der Waals surface area contributed by atoms with Gasteiger partial charge in [0.2, 0.25) is 0 Å². The van der Waals surface area contributed by atoms with Gasteiger partial charge in [-0.05, 0) is 62.5 Å². The van der Waals surface area contributed by atoms with Crippen molar-refractivity contribution in [2.24, 2.45) is 5.92 Å². The van der Waals surface area contributed by atoms with Gasteiger partial charge in [0.15, 0.2) is 0 Å². The summed E-state index contributed by atoms with van der Waals surface area (Å²) < 4.78 is 0. The largest absolute Gasteiger partial charge is 0.341 e. The van der Waals surface area contributed by atoms with Gasteiger partial charge < -0.3 is 10.2 Å². The van der Waals surface area contributed by atoms with Crippen LogP contribution < -0.4 is 5.32 Å². The highest BCUT2D eigenvalue weighted by Crippen LogP contribution is 2.18. The molecule has 0 spiro atoms. The van der Waals surface area contributed by atoms with Crippen molar-refractivity contribution in [3.05, 3.63) is 34.3 Å². The van der Waals surface area contributed by atoms with Crippen molar-refractivity contribution in [1.29, 1.82) is 0 Å². The van der Waals surface area contributed by atoms with Gasteiger partial charge in [-0.3, -0.25) is 4.79 Å². The third-order valence-corrected chi connectivity index (χ3v) is 3.84. The highest BCUT2D eigenvalue weighted by molar-refractivity contribution is 6.31. The molecule has 19 heavy (non-hydrogen) atoms. The summed E-state index contributed by atoms with van der Waals surface area (Å²) in [6.07, 6.45) is 2.29. The maximum Gasteiger partial charge on any atom is 0.253 e. The summed E-state index contributed by atoms with van der Waals surface area (Å²) in [6.45, 7) is 4.90. The molecule has 1 amide bonds. The van der Waals surface area contributed by atoms with Crippen LogP contribution in [0.4, 0.5) is 0 Å². The number of hydrogen-bond acceptors (Lipinski definition) is 2. The first kappa shape index (κ1) is 14.4. The second kappa shape index (κ2) is 6.40. The monoisotopic (exact) mass is 280 g/mol. The van der Waals surface area contributed by atoms with Crippen molar-refractivity contribution in [2.75, 3.05) is 26.7 Å². The maximum atomic E-state index is 12.4. The van der Waals surface area contributed by atoms with E-state index in [4.69, 9.17) is 11.6 Å². The molecule has 0 unspecified atom stereocenters. The lowest BCUT2D eigenvalue weighted by Gasteiger charge is -2.27. The lowest BCUT2D eigenvalue weighted by molar-refractivity contribution is 0.0762. The molecule has 0 bridgehead atoms. The normalized spacial score (nSPS) is 16.4. The van der Waals surface area contributed by atoms with Gasteiger partial charge in [-0.2, -0.15) is 0 Å². The molecule has 0 radical (unpaired) electrons. The minimum absolute atomic E-state index is 0.0594. The van der Waals surface area contributed by atoms with Crippen molar-refractivity contribution in [1.82, 2.24) is 10.2 Å². The molecule has 0 atom stereocenters. The Labute approximate surface area is 119 Å². The van der Waals surface area contributed by atoms with E-state index >= 15 is 0 Å². The summed E-state index contributed by atoms with van der Waals surface area (Å²) in [6, 6.07) is 5.51. The fourth-order valence-corrected chi connectivity index (χ4v) is 2.90. The summed E-state index contributed by atoms with van der Waals surface area (Å²) in [4.78, 5) is 14.2. The van der Waals surface area contributed by atoms with E-state index in [1.165, 1.54) is 0 Å². The Bertz CT molecular complexity index is 435. The first-order valence-electron chi connectivity index (χ1n) is 6.79. The Morgan fingerprint density at radius 1 is 1.37 bits per heavy atom. The molecule has 0 aromatic heterocycles. The topological polar surface area (TPSA) is 32.3 Å². The first-order valence-corrected chi connectivity index (χ1v) is 7.17. The molecular weight excluding hydrogens is 260 g/mol. The molecule has 104 valence electrons. The second-order valence-corrected chi connectivity index (χ2v) is 5.83.